The van der Waals surface area contributed by atoms with Crippen molar-refractivity contribution in [2.24, 2.45) is 0 Å². The molecule has 0 atom stereocenters. The van der Waals surface area contributed by atoms with Gasteiger partial charge in [0.15, 0.2) is 0 Å². The minimum Gasteiger partial charge on any atom is -0.354 e. The Kier molecular flexibility index (Phi) is 3.09. The highest BCUT2D eigenvalue weighted by Gasteiger charge is 2.00. The topological polar surface area (TPSA) is 79.4 Å². The Bertz CT molecular complexity index is 450. The van der Waals surface area contributed by atoms with Gasteiger partial charge in [0.25, 0.3) is 0 Å². The lowest BCUT2D eigenvalue weighted by Gasteiger charge is -2.05. The largest absolute Gasteiger partial charge is 0.354 e. The van der Waals surface area contributed by atoms with E-state index >= 15 is 0 Å². The molecule has 0 bridgehead atoms. The number of hydrogen-bond donors (Lipinski definition) is 2. The summed E-state index contributed by atoms with van der Waals surface area (Å²) >= 11 is 0. The Morgan fingerprint density at radius 3 is 2.88 bits per heavy atom. The molecule has 2 heterocycles. The van der Waals surface area contributed by atoms with Crippen molar-refractivity contribution in [2.75, 3.05) is 11.9 Å². The van der Waals surface area contributed by atoms with E-state index < -0.39 is 0 Å². The number of nitrogens with zero attached hydrogens (tertiary/aromatic N) is 4. The fourth-order valence-electron chi connectivity index (χ4n) is 1.26. The van der Waals surface area contributed by atoms with E-state index in [4.69, 9.17) is 0 Å². The van der Waals surface area contributed by atoms with Gasteiger partial charge in [-0.2, -0.15) is 5.10 Å². The van der Waals surface area contributed by atoms with Crippen LogP contribution in [0.3, 0.4) is 0 Å². The zero-order chi connectivity index (χ0) is 11.4. The molecule has 6 heteroatoms. The minimum absolute atomic E-state index is 0.655. The van der Waals surface area contributed by atoms with Gasteiger partial charge in [-0.3, -0.25) is 5.10 Å². The van der Waals surface area contributed by atoms with Crippen LogP contribution in [0.5, 0.6) is 0 Å². The summed E-state index contributed by atoms with van der Waals surface area (Å²) in [7, 11) is 0. The lowest BCUT2D eigenvalue weighted by molar-refractivity contribution is 0.887. The van der Waals surface area contributed by atoms with Crippen molar-refractivity contribution in [2.45, 2.75) is 20.3 Å². The van der Waals surface area contributed by atoms with Crippen LogP contribution in [-0.2, 0) is 6.42 Å². The second-order valence-electron chi connectivity index (χ2n) is 3.57. The van der Waals surface area contributed by atoms with Crippen LogP contribution in [-0.4, -0.2) is 31.7 Å². The SMILES string of the molecule is Cc1cnc(NCCc2ncn[nH]2)nc1C. The molecule has 0 aliphatic carbocycles. The average molecular weight is 218 g/mol. The Labute approximate surface area is 93.6 Å². The van der Waals surface area contributed by atoms with Gasteiger partial charge in [-0.05, 0) is 19.4 Å². The zero-order valence-corrected chi connectivity index (χ0v) is 9.36. The predicted molar refractivity (Wildman–Crippen MR) is 60.1 cm³/mol. The molecule has 0 aliphatic rings. The molecule has 0 amide bonds. The monoisotopic (exact) mass is 218 g/mol. The van der Waals surface area contributed by atoms with Crippen molar-refractivity contribution in [3.8, 4) is 0 Å². The Hall–Kier alpha value is -1.98. The molecular weight excluding hydrogens is 204 g/mol. The molecule has 0 aromatic carbocycles. The number of aryl methyl sites for hydroxylation is 2. The standard InChI is InChI=1S/C10H14N6/c1-7-5-12-10(15-8(7)2)11-4-3-9-13-6-14-16-9/h5-6H,3-4H2,1-2H3,(H,11,12,15)(H,13,14,16). The molecule has 2 rings (SSSR count). The van der Waals surface area contributed by atoms with Gasteiger partial charge in [0, 0.05) is 24.9 Å². The van der Waals surface area contributed by atoms with Crippen LogP contribution >= 0.6 is 0 Å². The van der Waals surface area contributed by atoms with E-state index in [1.807, 2.05) is 20.0 Å². The third-order valence-electron chi connectivity index (χ3n) is 2.33. The molecule has 2 N–H and O–H groups in total. The van der Waals surface area contributed by atoms with Crippen LogP contribution in [0.2, 0.25) is 0 Å². The fraction of sp³-hybridized carbons (Fsp3) is 0.400. The second kappa shape index (κ2) is 4.69. The first-order valence-corrected chi connectivity index (χ1v) is 5.14. The van der Waals surface area contributed by atoms with E-state index in [1.165, 1.54) is 6.33 Å². The molecule has 2 aromatic rings. The van der Waals surface area contributed by atoms with E-state index in [1.54, 1.807) is 0 Å². The number of nitrogens with one attached hydrogen (secondary N) is 2. The molecule has 2 aromatic heterocycles. The molecule has 0 radical (unpaired) electrons. The maximum absolute atomic E-state index is 4.32. The van der Waals surface area contributed by atoms with Crippen LogP contribution in [0.15, 0.2) is 12.5 Å². The van der Waals surface area contributed by atoms with Crippen LogP contribution in [0, 0.1) is 13.8 Å². The highest BCUT2D eigenvalue weighted by atomic mass is 15.2. The minimum atomic E-state index is 0.655. The number of aromatic amines is 1. The normalized spacial score (nSPS) is 10.4. The van der Waals surface area contributed by atoms with Crippen molar-refractivity contribution >= 4 is 5.95 Å². The maximum atomic E-state index is 4.32. The molecule has 0 saturated carbocycles. The van der Waals surface area contributed by atoms with Gasteiger partial charge in [-0.15, -0.1) is 0 Å². The Balaban J connectivity index is 1.87. The lowest BCUT2D eigenvalue weighted by atomic mass is 10.3. The molecular formula is C10H14N6. The number of rotatable bonds is 4. The number of hydrogen-bond acceptors (Lipinski definition) is 5. The number of anilines is 1. The van der Waals surface area contributed by atoms with Gasteiger partial charge in [0.1, 0.15) is 12.2 Å². The van der Waals surface area contributed by atoms with Crippen molar-refractivity contribution in [3.63, 3.8) is 0 Å². The van der Waals surface area contributed by atoms with E-state index in [0.717, 1.165) is 30.0 Å². The van der Waals surface area contributed by atoms with Crippen molar-refractivity contribution in [3.05, 3.63) is 29.6 Å². The summed E-state index contributed by atoms with van der Waals surface area (Å²) in [5.74, 6) is 1.51. The summed E-state index contributed by atoms with van der Waals surface area (Å²) in [6, 6.07) is 0. The summed E-state index contributed by atoms with van der Waals surface area (Å²) in [4.78, 5) is 12.5. The summed E-state index contributed by atoms with van der Waals surface area (Å²) < 4.78 is 0. The van der Waals surface area contributed by atoms with E-state index in [-0.39, 0.29) is 0 Å². The third kappa shape index (κ3) is 2.53. The highest BCUT2D eigenvalue weighted by molar-refractivity contribution is 5.28. The second-order valence-corrected chi connectivity index (χ2v) is 3.57. The van der Waals surface area contributed by atoms with Crippen molar-refractivity contribution in [1.29, 1.82) is 0 Å². The van der Waals surface area contributed by atoms with Gasteiger partial charge < -0.3 is 5.32 Å². The average Bonchev–Trinajstić information content (AvgIpc) is 2.76. The Morgan fingerprint density at radius 1 is 1.31 bits per heavy atom. The van der Waals surface area contributed by atoms with E-state index in [0.29, 0.717) is 5.95 Å². The molecule has 0 spiro atoms. The first-order valence-electron chi connectivity index (χ1n) is 5.14. The van der Waals surface area contributed by atoms with Gasteiger partial charge in [-0.25, -0.2) is 15.0 Å². The van der Waals surface area contributed by atoms with Crippen LogP contribution in [0.4, 0.5) is 5.95 Å². The molecule has 0 fully saturated rings. The van der Waals surface area contributed by atoms with Gasteiger partial charge in [0.2, 0.25) is 5.95 Å². The maximum Gasteiger partial charge on any atom is 0.222 e. The number of H-pyrrole nitrogens is 1. The molecule has 0 aliphatic heterocycles. The molecule has 16 heavy (non-hydrogen) atoms. The quantitative estimate of drug-likeness (QED) is 0.795. The third-order valence-corrected chi connectivity index (χ3v) is 2.33. The smallest absolute Gasteiger partial charge is 0.222 e. The van der Waals surface area contributed by atoms with Crippen molar-refractivity contribution in [1.82, 2.24) is 25.1 Å². The lowest BCUT2D eigenvalue weighted by Crippen LogP contribution is -2.09. The van der Waals surface area contributed by atoms with Gasteiger partial charge in [-0.1, -0.05) is 0 Å². The summed E-state index contributed by atoms with van der Waals surface area (Å²) in [5.41, 5.74) is 2.10. The first-order chi connectivity index (χ1) is 7.75. The van der Waals surface area contributed by atoms with E-state index in [9.17, 15) is 0 Å². The highest BCUT2D eigenvalue weighted by Crippen LogP contribution is 2.04. The number of aromatic nitrogens is 5. The molecule has 84 valence electrons. The molecule has 6 nitrogen and oxygen atoms in total. The van der Waals surface area contributed by atoms with Crippen LogP contribution < -0.4 is 5.32 Å². The first kappa shape index (κ1) is 10.5. The summed E-state index contributed by atoms with van der Waals surface area (Å²) in [5, 5.41) is 9.72. The summed E-state index contributed by atoms with van der Waals surface area (Å²) in [6.45, 7) is 4.70. The fourth-order valence-corrected chi connectivity index (χ4v) is 1.26. The molecule has 0 saturated heterocycles. The van der Waals surface area contributed by atoms with E-state index in [2.05, 4.69) is 30.5 Å². The predicted octanol–water partition coefficient (Wildman–Crippen LogP) is 0.866. The molecule has 0 unspecified atom stereocenters. The summed E-state index contributed by atoms with van der Waals surface area (Å²) in [6.07, 6.45) is 4.09. The van der Waals surface area contributed by atoms with Crippen LogP contribution in [0.1, 0.15) is 17.1 Å². The van der Waals surface area contributed by atoms with Gasteiger partial charge in [0.05, 0.1) is 0 Å². The zero-order valence-electron chi connectivity index (χ0n) is 9.36. The Morgan fingerprint density at radius 2 is 2.19 bits per heavy atom. The van der Waals surface area contributed by atoms with Crippen molar-refractivity contribution < 1.29 is 0 Å². The van der Waals surface area contributed by atoms with Crippen LogP contribution in [0.25, 0.3) is 0 Å². The van der Waals surface area contributed by atoms with Gasteiger partial charge >= 0.3 is 0 Å².